The van der Waals surface area contributed by atoms with Crippen LogP contribution in [0, 0.1) is 0 Å². The van der Waals surface area contributed by atoms with E-state index in [9.17, 15) is 4.79 Å². The Bertz CT molecular complexity index is 918. The van der Waals surface area contributed by atoms with Gasteiger partial charge in [-0.05, 0) is 28.5 Å². The third-order valence-corrected chi connectivity index (χ3v) is 3.40. The van der Waals surface area contributed by atoms with Gasteiger partial charge in [-0.2, -0.15) is 4.68 Å². The Morgan fingerprint density at radius 2 is 1.92 bits per heavy atom. The van der Waals surface area contributed by atoms with E-state index in [0.717, 1.165) is 0 Å². The van der Waals surface area contributed by atoms with Crippen LogP contribution in [0.4, 0.5) is 5.82 Å². The lowest BCUT2D eigenvalue weighted by Gasteiger charge is -2.10. The molecule has 0 aliphatic carbocycles. The van der Waals surface area contributed by atoms with Crippen LogP contribution in [0.25, 0.3) is 17.1 Å². The van der Waals surface area contributed by atoms with Crippen LogP contribution in [0.5, 0.6) is 11.5 Å². The maximum Gasteiger partial charge on any atom is 0.360 e. The summed E-state index contributed by atoms with van der Waals surface area (Å²) >= 11 is 0. The summed E-state index contributed by atoms with van der Waals surface area (Å²) in [5.41, 5.74) is 6.53. The molecule has 0 aliphatic rings. The van der Waals surface area contributed by atoms with E-state index in [-0.39, 0.29) is 23.0 Å². The molecule has 1 aromatic carbocycles. The molecule has 2 heterocycles. The maximum atomic E-state index is 12.1. The molecule has 25 heavy (non-hydrogen) atoms. The molecule has 0 atom stereocenters. The first kappa shape index (κ1) is 16.2. The lowest BCUT2D eigenvalue weighted by atomic mass is 10.1. The number of esters is 1. The maximum absolute atomic E-state index is 12.1. The summed E-state index contributed by atoms with van der Waals surface area (Å²) in [7, 11) is 4.26. The van der Waals surface area contributed by atoms with Crippen molar-refractivity contribution < 1.29 is 23.6 Å². The van der Waals surface area contributed by atoms with Crippen LogP contribution >= 0.6 is 0 Å². The van der Waals surface area contributed by atoms with Crippen molar-refractivity contribution in [2.45, 2.75) is 0 Å². The number of methoxy groups -OCH3 is 3. The first-order valence-electron chi connectivity index (χ1n) is 6.95. The van der Waals surface area contributed by atoms with Crippen molar-refractivity contribution in [2.24, 2.45) is 0 Å². The van der Waals surface area contributed by atoms with E-state index in [2.05, 4.69) is 25.3 Å². The number of benzene rings is 1. The summed E-state index contributed by atoms with van der Waals surface area (Å²) in [6.07, 6.45) is 0. The van der Waals surface area contributed by atoms with Crippen molar-refractivity contribution in [2.75, 3.05) is 27.1 Å². The third-order valence-electron chi connectivity index (χ3n) is 3.40. The molecule has 2 N–H and O–H groups in total. The zero-order valence-corrected chi connectivity index (χ0v) is 13.6. The lowest BCUT2D eigenvalue weighted by Crippen LogP contribution is -2.07. The van der Waals surface area contributed by atoms with Gasteiger partial charge in [0.25, 0.3) is 0 Å². The first-order chi connectivity index (χ1) is 12.1. The molecular weight excluding hydrogens is 332 g/mol. The molecular formula is C14H14N6O5. The van der Waals surface area contributed by atoms with Gasteiger partial charge in [0.05, 0.1) is 21.3 Å². The summed E-state index contributed by atoms with van der Waals surface area (Å²) in [4.78, 5) is 12.1. The molecule has 0 radical (unpaired) electrons. The van der Waals surface area contributed by atoms with Gasteiger partial charge in [0.1, 0.15) is 5.69 Å². The van der Waals surface area contributed by atoms with E-state index in [0.29, 0.717) is 17.1 Å². The van der Waals surface area contributed by atoms with Gasteiger partial charge in [-0.3, -0.25) is 0 Å². The van der Waals surface area contributed by atoms with Crippen molar-refractivity contribution in [3.05, 3.63) is 23.9 Å². The van der Waals surface area contributed by atoms with Crippen LogP contribution in [-0.4, -0.2) is 52.6 Å². The molecule has 0 saturated heterocycles. The minimum Gasteiger partial charge on any atom is -0.493 e. The van der Waals surface area contributed by atoms with Gasteiger partial charge >= 0.3 is 5.97 Å². The van der Waals surface area contributed by atoms with Crippen molar-refractivity contribution in [3.63, 3.8) is 0 Å². The fourth-order valence-corrected chi connectivity index (χ4v) is 2.24. The van der Waals surface area contributed by atoms with Crippen LogP contribution in [0.15, 0.2) is 22.8 Å². The number of hydrogen-bond donors (Lipinski definition) is 1. The van der Waals surface area contributed by atoms with Crippen LogP contribution in [-0.2, 0) is 4.74 Å². The van der Waals surface area contributed by atoms with Gasteiger partial charge in [-0.1, -0.05) is 5.21 Å². The number of aromatic nitrogens is 5. The molecule has 0 amide bonds. The minimum atomic E-state index is -0.675. The Hall–Kier alpha value is -3.63. The monoisotopic (exact) mass is 346 g/mol. The summed E-state index contributed by atoms with van der Waals surface area (Å²) in [5, 5.41) is 15.0. The van der Waals surface area contributed by atoms with Gasteiger partial charge in [-0.15, -0.1) is 5.10 Å². The number of nitrogens with zero attached hydrogens (tertiary/aromatic N) is 5. The van der Waals surface area contributed by atoms with Gasteiger partial charge < -0.3 is 19.9 Å². The molecule has 0 unspecified atom stereocenters. The van der Waals surface area contributed by atoms with E-state index in [1.165, 1.54) is 26.0 Å². The Kier molecular flexibility index (Phi) is 4.20. The highest BCUT2D eigenvalue weighted by Gasteiger charge is 2.26. The average Bonchev–Trinajstić information content (AvgIpc) is 3.26. The molecule has 0 fully saturated rings. The van der Waals surface area contributed by atoms with Gasteiger partial charge in [0.2, 0.25) is 11.6 Å². The molecule has 11 heteroatoms. The largest absolute Gasteiger partial charge is 0.493 e. The molecule has 3 rings (SSSR count). The smallest absolute Gasteiger partial charge is 0.360 e. The van der Waals surface area contributed by atoms with E-state index < -0.39 is 5.97 Å². The number of ether oxygens (including phenoxy) is 3. The van der Waals surface area contributed by atoms with Crippen molar-refractivity contribution in [1.29, 1.82) is 0 Å². The number of carbonyl (C=O) groups excluding carboxylic acids is 1. The number of nitrogens with two attached hydrogens (primary N) is 1. The van der Waals surface area contributed by atoms with E-state index in [4.69, 9.17) is 19.9 Å². The summed E-state index contributed by atoms with van der Waals surface area (Å²) < 4.78 is 21.1. The highest BCUT2D eigenvalue weighted by atomic mass is 16.6. The number of anilines is 1. The van der Waals surface area contributed by atoms with E-state index in [1.54, 1.807) is 18.2 Å². The fourth-order valence-electron chi connectivity index (χ4n) is 2.24. The second kappa shape index (κ2) is 6.47. The molecule has 0 aliphatic heterocycles. The predicted octanol–water partition coefficient (Wildman–Crippen LogP) is 0.703. The lowest BCUT2D eigenvalue weighted by molar-refractivity contribution is 0.0595. The molecule has 3 aromatic rings. The molecule has 0 saturated carbocycles. The first-order valence-corrected chi connectivity index (χ1v) is 6.95. The van der Waals surface area contributed by atoms with Crippen LogP contribution < -0.4 is 15.2 Å². The quantitative estimate of drug-likeness (QED) is 0.656. The Labute approximate surface area is 141 Å². The Balaban J connectivity index is 2.24. The summed E-state index contributed by atoms with van der Waals surface area (Å²) in [6.45, 7) is 0. The zero-order valence-electron chi connectivity index (χ0n) is 13.6. The molecule has 0 spiro atoms. The third kappa shape index (κ3) is 2.71. The minimum absolute atomic E-state index is 0.0111. The highest BCUT2D eigenvalue weighted by molar-refractivity contribution is 5.94. The Morgan fingerprint density at radius 3 is 2.52 bits per heavy atom. The summed E-state index contributed by atoms with van der Waals surface area (Å²) in [6, 6.07) is 5.04. The average molecular weight is 346 g/mol. The van der Waals surface area contributed by atoms with Crippen LogP contribution in [0.1, 0.15) is 10.5 Å². The molecule has 0 bridgehead atoms. The number of carbonyl (C=O) groups is 1. The summed E-state index contributed by atoms with van der Waals surface area (Å²) in [5.74, 6) is 0.379. The molecule has 11 nitrogen and oxygen atoms in total. The SMILES string of the molecule is COC(=O)c1nnn(-c2nonc2N)c1-c1ccc(OC)c(OC)c1. The van der Waals surface area contributed by atoms with Crippen LogP contribution in [0.3, 0.4) is 0 Å². The number of nitrogen functional groups attached to an aromatic ring is 1. The van der Waals surface area contributed by atoms with Crippen molar-refractivity contribution in [1.82, 2.24) is 25.3 Å². The fraction of sp³-hybridized carbons (Fsp3) is 0.214. The second-order valence-corrected chi connectivity index (χ2v) is 4.73. The standard InChI is InChI=1S/C14H14N6O5/c1-22-8-5-4-7(6-9(8)23-2)11-10(14(21)24-3)16-19-20(11)13-12(15)17-25-18-13/h4-6H,1-3H3,(H2,15,17). The van der Waals surface area contributed by atoms with Gasteiger partial charge in [0, 0.05) is 5.56 Å². The predicted molar refractivity (Wildman–Crippen MR) is 83.5 cm³/mol. The normalized spacial score (nSPS) is 10.5. The number of rotatable bonds is 5. The highest BCUT2D eigenvalue weighted by Crippen LogP contribution is 2.34. The second-order valence-electron chi connectivity index (χ2n) is 4.73. The zero-order chi connectivity index (χ0) is 18.0. The molecule has 130 valence electrons. The van der Waals surface area contributed by atoms with Gasteiger partial charge in [0.15, 0.2) is 17.2 Å². The Morgan fingerprint density at radius 1 is 1.16 bits per heavy atom. The van der Waals surface area contributed by atoms with Crippen molar-refractivity contribution >= 4 is 11.8 Å². The topological polar surface area (TPSA) is 140 Å². The number of hydrogen-bond acceptors (Lipinski definition) is 10. The van der Waals surface area contributed by atoms with Gasteiger partial charge in [-0.25, -0.2) is 9.42 Å². The van der Waals surface area contributed by atoms with Crippen LogP contribution in [0.2, 0.25) is 0 Å². The molecule has 2 aromatic heterocycles. The van der Waals surface area contributed by atoms with Crippen molar-refractivity contribution in [3.8, 4) is 28.6 Å². The van der Waals surface area contributed by atoms with E-state index in [1.807, 2.05) is 0 Å². The van der Waals surface area contributed by atoms with E-state index >= 15 is 0 Å².